The highest BCUT2D eigenvalue weighted by atomic mass is 19.4. The molecule has 0 aromatic heterocycles. The molecule has 0 spiro atoms. The van der Waals surface area contributed by atoms with Gasteiger partial charge in [0.25, 0.3) is 0 Å². The summed E-state index contributed by atoms with van der Waals surface area (Å²) in [5, 5.41) is 13.0. The first kappa shape index (κ1) is 29.1. The molecular formula is C35H41F3N2O2. The zero-order chi connectivity index (χ0) is 29.7. The van der Waals surface area contributed by atoms with Gasteiger partial charge in [0.2, 0.25) is 0 Å². The Morgan fingerprint density at radius 2 is 1.83 bits per heavy atom. The van der Waals surface area contributed by atoms with Crippen LogP contribution in [-0.2, 0) is 4.79 Å². The van der Waals surface area contributed by atoms with Gasteiger partial charge in [-0.2, -0.15) is 13.2 Å². The van der Waals surface area contributed by atoms with Gasteiger partial charge in [0.05, 0.1) is 11.1 Å². The van der Waals surface area contributed by atoms with Crippen LogP contribution in [0.25, 0.3) is 0 Å². The van der Waals surface area contributed by atoms with Crippen molar-refractivity contribution in [3.05, 3.63) is 52.6 Å². The largest absolute Gasteiger partial charge is 0.457 e. The lowest BCUT2D eigenvalue weighted by atomic mass is 9.48. The van der Waals surface area contributed by atoms with Crippen LogP contribution in [-0.4, -0.2) is 36.0 Å². The Morgan fingerprint density at radius 3 is 2.50 bits per heavy atom. The fourth-order valence-corrected chi connectivity index (χ4v) is 9.36. The molecule has 1 aromatic rings. The molecule has 1 aliphatic heterocycles. The van der Waals surface area contributed by atoms with E-state index in [1.54, 1.807) is 12.8 Å². The predicted molar refractivity (Wildman–Crippen MR) is 159 cm³/mol. The number of allylic oxidation sites excluding steroid dienone is 4. The molecule has 0 unspecified atom stereocenters. The number of Topliss-reactive ketones (excluding diaryl/α,β-unsaturated/α-hetero) is 1. The number of oxime groups is 1. The fourth-order valence-electron chi connectivity index (χ4n) is 9.36. The van der Waals surface area contributed by atoms with Crippen LogP contribution in [0.1, 0.15) is 96.0 Å². The van der Waals surface area contributed by atoms with E-state index in [-0.39, 0.29) is 30.0 Å². The van der Waals surface area contributed by atoms with E-state index in [4.69, 9.17) is 0 Å². The monoisotopic (exact) mass is 578 g/mol. The van der Waals surface area contributed by atoms with E-state index in [9.17, 15) is 23.2 Å². The molecule has 1 saturated heterocycles. The second-order valence-corrected chi connectivity index (χ2v) is 13.2. The zero-order valence-corrected chi connectivity index (χ0v) is 24.7. The maximum atomic E-state index is 13.7. The number of hydrogen-bond acceptors (Lipinski definition) is 4. The summed E-state index contributed by atoms with van der Waals surface area (Å²) in [5.74, 6) is 4.30. The van der Waals surface area contributed by atoms with Gasteiger partial charge in [0.1, 0.15) is 0 Å². The van der Waals surface area contributed by atoms with Crippen molar-refractivity contribution in [1.29, 1.82) is 0 Å². The Bertz CT molecular complexity index is 1390. The first-order valence-corrected chi connectivity index (χ1v) is 15.7. The summed E-state index contributed by atoms with van der Waals surface area (Å²) in [7, 11) is 0. The summed E-state index contributed by atoms with van der Waals surface area (Å²) >= 11 is 0. The Labute approximate surface area is 247 Å². The van der Waals surface area contributed by atoms with Crippen LogP contribution in [0.5, 0.6) is 0 Å². The van der Waals surface area contributed by atoms with Gasteiger partial charge in [-0.05, 0) is 116 Å². The topological polar surface area (TPSA) is 52.9 Å². The lowest BCUT2D eigenvalue weighted by Crippen LogP contribution is -2.50. The summed E-state index contributed by atoms with van der Waals surface area (Å²) in [6, 6.07) is 8.83. The van der Waals surface area contributed by atoms with Crippen LogP contribution in [0.3, 0.4) is 0 Å². The van der Waals surface area contributed by atoms with Crippen molar-refractivity contribution in [3.63, 3.8) is 0 Å². The quantitative estimate of drug-likeness (QED) is 0.222. The molecule has 42 heavy (non-hydrogen) atoms. The number of halogens is 3. The minimum atomic E-state index is -4.64. The van der Waals surface area contributed by atoms with Gasteiger partial charge in [-0.25, -0.2) is 0 Å². The maximum absolute atomic E-state index is 13.7. The van der Waals surface area contributed by atoms with Crippen molar-refractivity contribution < 1.29 is 23.2 Å². The molecule has 1 N–H and O–H groups in total. The molecule has 1 aromatic carbocycles. The molecule has 0 radical (unpaired) electrons. The molecule has 2 saturated carbocycles. The second kappa shape index (κ2) is 10.9. The highest BCUT2D eigenvalue weighted by molar-refractivity contribution is 5.97. The molecule has 6 rings (SSSR count). The number of carbonyl (C=O) groups excluding carboxylic acids is 1. The molecule has 1 heterocycles. The van der Waals surface area contributed by atoms with Crippen LogP contribution >= 0.6 is 0 Å². The maximum Gasteiger partial charge on any atom is 0.457 e. The zero-order valence-electron chi connectivity index (χ0n) is 24.7. The van der Waals surface area contributed by atoms with Crippen LogP contribution in [0.15, 0.2) is 52.2 Å². The number of alkyl halides is 3. The van der Waals surface area contributed by atoms with Gasteiger partial charge < -0.3 is 10.1 Å². The van der Waals surface area contributed by atoms with E-state index in [1.807, 2.05) is 6.08 Å². The van der Waals surface area contributed by atoms with Gasteiger partial charge in [-0.3, -0.25) is 4.79 Å². The van der Waals surface area contributed by atoms with Gasteiger partial charge in [-0.15, -0.1) is 0 Å². The average Bonchev–Trinajstić information content (AvgIpc) is 3.31. The standard InChI is InChI=1S/C35H41F3N2O2/c1-3-31(41)34(17-18-35(36,37)38)16-15-30-28-13-9-24-21-25(39-42)10-14-27(24)32(28)29(22-33(30,34)2)23-7-11-26(12-8-23)40-19-5-4-6-20-40/h7-8,11-12,21,28-30,42H,3-6,9-10,13-16,19-20,22H2,1-2H3/t28-,29+,30-,33-,34-/m0/s1. The van der Waals surface area contributed by atoms with Crippen molar-refractivity contribution in [2.75, 3.05) is 18.0 Å². The summed E-state index contributed by atoms with van der Waals surface area (Å²) in [6.07, 6.45) is 6.12. The molecule has 7 heteroatoms. The van der Waals surface area contributed by atoms with Crippen molar-refractivity contribution >= 4 is 17.2 Å². The van der Waals surface area contributed by atoms with Gasteiger partial charge in [0.15, 0.2) is 5.78 Å². The van der Waals surface area contributed by atoms with Crippen LogP contribution in [0, 0.1) is 34.5 Å². The smallest absolute Gasteiger partial charge is 0.411 e. The van der Waals surface area contributed by atoms with Crippen molar-refractivity contribution in [3.8, 4) is 11.8 Å². The highest BCUT2D eigenvalue weighted by Gasteiger charge is 2.65. The van der Waals surface area contributed by atoms with Crippen LogP contribution in [0.4, 0.5) is 18.9 Å². The third kappa shape index (κ3) is 4.79. The molecule has 0 bridgehead atoms. The van der Waals surface area contributed by atoms with E-state index in [1.165, 1.54) is 47.2 Å². The lowest BCUT2D eigenvalue weighted by Gasteiger charge is -2.54. The summed E-state index contributed by atoms with van der Waals surface area (Å²) < 4.78 is 40.5. The average molecular weight is 579 g/mol. The van der Waals surface area contributed by atoms with E-state index in [2.05, 4.69) is 47.2 Å². The number of anilines is 1. The third-order valence-electron chi connectivity index (χ3n) is 11.3. The molecule has 0 amide bonds. The highest BCUT2D eigenvalue weighted by Crippen LogP contribution is 2.70. The number of fused-ring (bicyclic) bond motifs is 4. The Kier molecular flexibility index (Phi) is 7.56. The fraction of sp³-hybridized carbons (Fsp3) is 0.600. The van der Waals surface area contributed by atoms with Crippen molar-refractivity contribution in [1.82, 2.24) is 0 Å². The minimum absolute atomic E-state index is 0.00668. The molecule has 224 valence electrons. The summed E-state index contributed by atoms with van der Waals surface area (Å²) in [6.45, 7) is 5.94. The molecule has 4 nitrogen and oxygen atoms in total. The van der Waals surface area contributed by atoms with Crippen molar-refractivity contribution in [2.24, 2.45) is 27.8 Å². The van der Waals surface area contributed by atoms with E-state index in [0.29, 0.717) is 31.4 Å². The van der Waals surface area contributed by atoms with Gasteiger partial charge in [0, 0.05) is 37.0 Å². The van der Waals surface area contributed by atoms with Gasteiger partial charge in [-0.1, -0.05) is 42.6 Å². The van der Waals surface area contributed by atoms with E-state index < -0.39 is 17.0 Å². The third-order valence-corrected chi connectivity index (χ3v) is 11.3. The van der Waals surface area contributed by atoms with E-state index >= 15 is 0 Å². The number of ketones is 1. The lowest BCUT2D eigenvalue weighted by molar-refractivity contribution is -0.132. The normalized spacial score (nSPS) is 33.7. The Balaban J connectivity index is 1.48. The molecule has 4 aliphatic carbocycles. The van der Waals surface area contributed by atoms with E-state index in [0.717, 1.165) is 32.4 Å². The first-order chi connectivity index (χ1) is 20.1. The number of piperidine rings is 1. The van der Waals surface area contributed by atoms with Crippen LogP contribution < -0.4 is 4.90 Å². The van der Waals surface area contributed by atoms with Crippen molar-refractivity contribution in [2.45, 2.75) is 96.6 Å². The summed E-state index contributed by atoms with van der Waals surface area (Å²) in [5.41, 5.74) is 5.08. The molecule has 5 aliphatic rings. The summed E-state index contributed by atoms with van der Waals surface area (Å²) in [4.78, 5) is 16.1. The number of hydrogen-bond donors (Lipinski definition) is 1. The SMILES string of the molecule is CCC(=O)[C@@]1(C#CC(F)(F)F)CC[C@H]2[C@@H]3CCC4=CC(=NO)CCC4=C3[C@@H](c3ccc(N4CCCCC4)cc3)C[C@@]21C. The number of rotatable bonds is 4. The molecule has 5 atom stereocenters. The predicted octanol–water partition coefficient (Wildman–Crippen LogP) is 8.37. The molecule has 3 fully saturated rings. The Morgan fingerprint density at radius 1 is 1.10 bits per heavy atom. The Hall–Kier alpha value is -3.01. The van der Waals surface area contributed by atoms with Gasteiger partial charge >= 0.3 is 6.18 Å². The van der Waals surface area contributed by atoms with Crippen LogP contribution in [0.2, 0.25) is 0 Å². The number of benzene rings is 1. The second-order valence-electron chi connectivity index (χ2n) is 13.2. The minimum Gasteiger partial charge on any atom is -0.411 e. The number of nitrogens with zero attached hydrogens (tertiary/aromatic N) is 2. The first-order valence-electron chi connectivity index (χ1n) is 15.7. The molecular weight excluding hydrogens is 537 g/mol. The number of carbonyl (C=O) groups is 1.